The number of carbonyl (C=O) groups is 1. The molecule has 0 fully saturated rings. The third kappa shape index (κ3) is 5.29. The molecule has 1 rings (SSSR count). The minimum Gasteiger partial charge on any atom is -0.384 e. The highest BCUT2D eigenvalue weighted by Crippen LogP contribution is 2.10. The van der Waals surface area contributed by atoms with Gasteiger partial charge in [0.05, 0.1) is 6.26 Å². The molecule has 0 aliphatic carbocycles. The van der Waals surface area contributed by atoms with Gasteiger partial charge >= 0.3 is 0 Å². The van der Waals surface area contributed by atoms with Crippen LogP contribution in [0.25, 0.3) is 0 Å². The molecule has 0 heterocycles. The van der Waals surface area contributed by atoms with Crippen molar-refractivity contribution in [2.24, 2.45) is 0 Å². The average molecular weight is 270 g/mol. The number of nitrogens with one attached hydrogen (secondary N) is 2. The third-order valence-electron chi connectivity index (χ3n) is 2.35. The molecule has 0 spiro atoms. The zero-order chi connectivity index (χ0) is 13.6. The Bertz CT molecular complexity index is 495. The molecule has 0 saturated heterocycles. The summed E-state index contributed by atoms with van der Waals surface area (Å²) in [7, 11) is -3.13. The van der Waals surface area contributed by atoms with Crippen molar-refractivity contribution in [1.82, 2.24) is 4.72 Å². The number of ketones is 1. The van der Waals surface area contributed by atoms with E-state index in [2.05, 4.69) is 10.0 Å². The second kappa shape index (κ2) is 6.51. The number of hydrogen-bond acceptors (Lipinski definition) is 4. The van der Waals surface area contributed by atoms with Crippen LogP contribution < -0.4 is 10.0 Å². The summed E-state index contributed by atoms with van der Waals surface area (Å²) in [6, 6.07) is 7.14. The summed E-state index contributed by atoms with van der Waals surface area (Å²) in [6.45, 7) is 2.65. The van der Waals surface area contributed by atoms with E-state index in [0.29, 0.717) is 25.1 Å². The summed E-state index contributed by atoms with van der Waals surface area (Å²) >= 11 is 0. The normalized spacial score (nSPS) is 11.2. The van der Waals surface area contributed by atoms with E-state index in [9.17, 15) is 13.2 Å². The van der Waals surface area contributed by atoms with Gasteiger partial charge in [-0.25, -0.2) is 13.1 Å². The molecule has 0 aliphatic rings. The average Bonchev–Trinajstić information content (AvgIpc) is 2.33. The number of anilines is 1. The van der Waals surface area contributed by atoms with Crippen LogP contribution in [-0.2, 0) is 10.0 Å². The molecule has 1 aromatic carbocycles. The quantitative estimate of drug-likeness (QED) is 0.577. The Labute approximate surface area is 108 Å². The molecule has 5 nitrogen and oxygen atoms in total. The molecule has 0 bridgehead atoms. The van der Waals surface area contributed by atoms with Crippen LogP contribution in [0.2, 0.25) is 0 Å². The van der Waals surface area contributed by atoms with E-state index in [1.54, 1.807) is 12.1 Å². The smallest absolute Gasteiger partial charge is 0.208 e. The minimum atomic E-state index is -3.13. The van der Waals surface area contributed by atoms with E-state index in [1.807, 2.05) is 19.1 Å². The van der Waals surface area contributed by atoms with E-state index < -0.39 is 10.0 Å². The van der Waals surface area contributed by atoms with Crippen molar-refractivity contribution in [2.45, 2.75) is 13.3 Å². The van der Waals surface area contributed by atoms with Crippen LogP contribution in [-0.4, -0.2) is 33.5 Å². The maximum atomic E-state index is 11.4. The highest BCUT2D eigenvalue weighted by Gasteiger charge is 2.02. The molecule has 0 aliphatic heterocycles. The molecule has 18 heavy (non-hydrogen) atoms. The van der Waals surface area contributed by atoms with Crippen LogP contribution >= 0.6 is 0 Å². The lowest BCUT2D eigenvalue weighted by Crippen LogP contribution is -2.27. The zero-order valence-electron chi connectivity index (χ0n) is 10.6. The Morgan fingerprint density at radius 3 is 2.28 bits per heavy atom. The fourth-order valence-electron chi connectivity index (χ4n) is 1.42. The van der Waals surface area contributed by atoms with Gasteiger partial charge in [-0.05, 0) is 24.3 Å². The molecule has 2 N–H and O–H groups in total. The molecular weight excluding hydrogens is 252 g/mol. The van der Waals surface area contributed by atoms with Crippen LogP contribution in [0.15, 0.2) is 24.3 Å². The van der Waals surface area contributed by atoms with Gasteiger partial charge in [-0.2, -0.15) is 0 Å². The lowest BCUT2D eigenvalue weighted by atomic mass is 10.1. The Morgan fingerprint density at radius 2 is 1.78 bits per heavy atom. The number of benzene rings is 1. The van der Waals surface area contributed by atoms with Gasteiger partial charge in [0.2, 0.25) is 10.0 Å². The van der Waals surface area contributed by atoms with E-state index in [1.165, 1.54) is 0 Å². The van der Waals surface area contributed by atoms with Gasteiger partial charge < -0.3 is 5.32 Å². The minimum absolute atomic E-state index is 0.111. The van der Waals surface area contributed by atoms with Crippen LogP contribution in [0.4, 0.5) is 5.69 Å². The lowest BCUT2D eigenvalue weighted by molar-refractivity contribution is 0.0988. The number of rotatable bonds is 7. The first-order chi connectivity index (χ1) is 8.42. The summed E-state index contributed by atoms with van der Waals surface area (Å²) in [4.78, 5) is 11.4. The fourth-order valence-corrected chi connectivity index (χ4v) is 1.89. The fraction of sp³-hybridized carbons (Fsp3) is 0.417. The molecule has 0 amide bonds. The standard InChI is InChI=1S/C12H18N2O3S/c1-3-12(15)10-4-6-11(7-5-10)13-8-9-14-18(2,16)17/h4-7,13-14H,3,8-9H2,1-2H3. The monoisotopic (exact) mass is 270 g/mol. The second-order valence-corrected chi connectivity index (χ2v) is 5.78. The Morgan fingerprint density at radius 1 is 1.17 bits per heavy atom. The Kier molecular flexibility index (Phi) is 5.30. The molecule has 0 radical (unpaired) electrons. The van der Waals surface area contributed by atoms with E-state index in [-0.39, 0.29) is 5.78 Å². The van der Waals surface area contributed by atoms with E-state index in [4.69, 9.17) is 0 Å². The van der Waals surface area contributed by atoms with Crippen molar-refractivity contribution in [2.75, 3.05) is 24.7 Å². The van der Waals surface area contributed by atoms with Gasteiger partial charge in [-0.3, -0.25) is 4.79 Å². The highest BCUT2D eigenvalue weighted by atomic mass is 32.2. The van der Waals surface area contributed by atoms with Crippen molar-refractivity contribution in [3.8, 4) is 0 Å². The largest absolute Gasteiger partial charge is 0.384 e. The van der Waals surface area contributed by atoms with E-state index in [0.717, 1.165) is 11.9 Å². The molecule has 0 saturated carbocycles. The predicted octanol–water partition coefficient (Wildman–Crippen LogP) is 1.24. The number of hydrogen-bond donors (Lipinski definition) is 2. The van der Waals surface area contributed by atoms with Crippen LogP contribution in [0.1, 0.15) is 23.7 Å². The maximum absolute atomic E-state index is 11.4. The van der Waals surface area contributed by atoms with Crippen LogP contribution in [0, 0.1) is 0 Å². The first kappa shape index (κ1) is 14.7. The predicted molar refractivity (Wildman–Crippen MR) is 72.4 cm³/mol. The topological polar surface area (TPSA) is 75.3 Å². The first-order valence-electron chi connectivity index (χ1n) is 5.74. The number of Topliss-reactive ketones (excluding diaryl/α,β-unsaturated/α-hetero) is 1. The summed E-state index contributed by atoms with van der Waals surface area (Å²) in [5, 5.41) is 3.06. The van der Waals surface area contributed by atoms with Crippen molar-refractivity contribution in [3.63, 3.8) is 0 Å². The van der Waals surface area contributed by atoms with Crippen molar-refractivity contribution < 1.29 is 13.2 Å². The molecular formula is C12H18N2O3S. The van der Waals surface area contributed by atoms with Gasteiger partial charge in [0.15, 0.2) is 5.78 Å². The first-order valence-corrected chi connectivity index (χ1v) is 7.63. The number of carbonyl (C=O) groups excluding carboxylic acids is 1. The molecule has 100 valence electrons. The summed E-state index contributed by atoms with van der Waals surface area (Å²) in [6.07, 6.45) is 1.61. The third-order valence-corrected chi connectivity index (χ3v) is 3.07. The highest BCUT2D eigenvalue weighted by molar-refractivity contribution is 7.88. The Balaban J connectivity index is 2.42. The summed E-state index contributed by atoms with van der Waals surface area (Å²) in [5.41, 5.74) is 1.55. The summed E-state index contributed by atoms with van der Waals surface area (Å²) in [5.74, 6) is 0.111. The van der Waals surface area contributed by atoms with E-state index >= 15 is 0 Å². The van der Waals surface area contributed by atoms with Crippen molar-refractivity contribution >= 4 is 21.5 Å². The zero-order valence-corrected chi connectivity index (χ0v) is 11.4. The lowest BCUT2D eigenvalue weighted by Gasteiger charge is -2.07. The van der Waals surface area contributed by atoms with Gasteiger partial charge in [-0.1, -0.05) is 6.92 Å². The SMILES string of the molecule is CCC(=O)c1ccc(NCCNS(C)(=O)=O)cc1. The van der Waals surface area contributed by atoms with Gasteiger partial charge in [-0.15, -0.1) is 0 Å². The van der Waals surface area contributed by atoms with Crippen molar-refractivity contribution in [1.29, 1.82) is 0 Å². The molecule has 0 unspecified atom stereocenters. The molecule has 0 atom stereocenters. The van der Waals surface area contributed by atoms with Gasteiger partial charge in [0.1, 0.15) is 0 Å². The van der Waals surface area contributed by atoms with Crippen LogP contribution in [0.3, 0.4) is 0 Å². The molecule has 0 aromatic heterocycles. The molecule has 1 aromatic rings. The molecule has 6 heteroatoms. The van der Waals surface area contributed by atoms with Gasteiger partial charge in [0.25, 0.3) is 0 Å². The Hall–Kier alpha value is -1.40. The van der Waals surface area contributed by atoms with Gasteiger partial charge in [0, 0.05) is 30.8 Å². The second-order valence-electron chi connectivity index (χ2n) is 3.95. The summed E-state index contributed by atoms with van der Waals surface area (Å²) < 4.78 is 24.0. The van der Waals surface area contributed by atoms with Crippen molar-refractivity contribution in [3.05, 3.63) is 29.8 Å². The maximum Gasteiger partial charge on any atom is 0.208 e. The number of sulfonamides is 1. The van der Waals surface area contributed by atoms with Crippen LogP contribution in [0.5, 0.6) is 0 Å².